The van der Waals surface area contributed by atoms with E-state index in [1.165, 1.54) is 0 Å². The van der Waals surface area contributed by atoms with Gasteiger partial charge in [0.15, 0.2) is 6.10 Å². The van der Waals surface area contributed by atoms with Gasteiger partial charge in [0.2, 0.25) is 11.6 Å². The molecule has 19 heavy (non-hydrogen) atoms. The number of carbonyl (C=O) groups is 2. The number of ether oxygens (including phenoxy) is 1. The summed E-state index contributed by atoms with van der Waals surface area (Å²) in [5.41, 5.74) is 1.08. The largest absolute Gasteiger partial charge is 0.481 e. The van der Waals surface area contributed by atoms with Crippen LogP contribution in [0.4, 0.5) is 0 Å². The zero-order valence-electron chi connectivity index (χ0n) is 10.1. The van der Waals surface area contributed by atoms with Crippen molar-refractivity contribution in [2.75, 3.05) is 11.5 Å². The minimum Gasteiger partial charge on any atom is -0.481 e. The summed E-state index contributed by atoms with van der Waals surface area (Å²) >= 11 is 3.62. The lowest BCUT2D eigenvalue weighted by Gasteiger charge is -2.51. The van der Waals surface area contributed by atoms with Crippen LogP contribution in [0.15, 0.2) is 24.3 Å². The van der Waals surface area contributed by atoms with Gasteiger partial charge in [0.25, 0.3) is 0 Å². The average Bonchev–Trinajstić information content (AvgIpc) is 2.47. The summed E-state index contributed by atoms with van der Waals surface area (Å²) in [6.07, 6.45) is 0.597. The molecule has 2 fully saturated rings. The summed E-state index contributed by atoms with van der Waals surface area (Å²) in [5, 5.41) is 0. The predicted octanol–water partition coefficient (Wildman–Crippen LogP) is 2.24. The highest BCUT2D eigenvalue weighted by Gasteiger charge is 2.65. The Balaban J connectivity index is 1.89. The normalized spacial score (nSPS) is 31.2. The maximum atomic E-state index is 12.0. The molecule has 1 aliphatic carbocycles. The van der Waals surface area contributed by atoms with Crippen molar-refractivity contribution in [3.63, 3.8) is 0 Å². The van der Waals surface area contributed by atoms with Gasteiger partial charge >= 0.3 is 0 Å². The van der Waals surface area contributed by atoms with Crippen LogP contribution in [-0.2, 0) is 13.7 Å². The lowest BCUT2D eigenvalue weighted by Crippen LogP contribution is -2.64. The second kappa shape index (κ2) is 4.03. The Bertz CT molecular complexity index is 578. The number of fused-ring (bicyclic) bond motifs is 4. The molecule has 5 heteroatoms. The molecule has 1 spiro atoms. The van der Waals surface area contributed by atoms with E-state index in [1.807, 2.05) is 47.8 Å². The van der Waals surface area contributed by atoms with Crippen molar-refractivity contribution in [3.8, 4) is 5.75 Å². The smallest absolute Gasteiger partial charge is 0.240 e. The molecular weight excluding hydrogens is 280 g/mol. The van der Waals surface area contributed by atoms with E-state index in [1.54, 1.807) is 0 Å². The lowest BCUT2D eigenvalue weighted by atomic mass is 9.72. The molecular formula is C14H12O3S2. The molecule has 1 aromatic rings. The third-order valence-electron chi connectivity index (χ3n) is 3.93. The van der Waals surface area contributed by atoms with Crippen LogP contribution in [0.25, 0.3) is 0 Å². The van der Waals surface area contributed by atoms with Gasteiger partial charge in [-0.2, -0.15) is 0 Å². The fraction of sp³-hybridized carbons (Fsp3) is 0.429. The molecule has 0 unspecified atom stereocenters. The number of para-hydroxylation sites is 1. The van der Waals surface area contributed by atoms with Crippen LogP contribution in [0.3, 0.4) is 0 Å². The molecule has 0 N–H and O–H groups in total. The first kappa shape index (κ1) is 11.9. The molecule has 0 bridgehead atoms. The summed E-state index contributed by atoms with van der Waals surface area (Å²) in [6, 6.07) is 7.83. The maximum absolute atomic E-state index is 12.0. The number of carbonyl (C=O) groups excluding carboxylic acids is 2. The van der Waals surface area contributed by atoms with Gasteiger partial charge in [-0.25, -0.2) is 0 Å². The molecule has 0 radical (unpaired) electrons. The van der Waals surface area contributed by atoms with Crippen molar-refractivity contribution in [2.24, 2.45) is 5.92 Å². The number of benzene rings is 1. The summed E-state index contributed by atoms with van der Waals surface area (Å²) < 4.78 is 5.44. The Hall–Kier alpha value is -0.940. The number of hydrogen-bond donors (Lipinski definition) is 0. The van der Waals surface area contributed by atoms with Crippen molar-refractivity contribution in [3.05, 3.63) is 29.8 Å². The first-order chi connectivity index (χ1) is 9.24. The Labute approximate surface area is 119 Å². The Kier molecular flexibility index (Phi) is 2.51. The third kappa shape index (κ3) is 1.43. The molecule has 0 aromatic heterocycles. The highest BCUT2D eigenvalue weighted by Crippen LogP contribution is 2.63. The molecule has 2 atom stereocenters. The van der Waals surface area contributed by atoms with Crippen LogP contribution < -0.4 is 4.74 Å². The maximum Gasteiger partial charge on any atom is 0.240 e. The number of ketones is 2. The predicted molar refractivity (Wildman–Crippen MR) is 75.6 cm³/mol. The molecule has 0 amide bonds. The first-order valence-corrected chi connectivity index (χ1v) is 8.33. The summed E-state index contributed by atoms with van der Waals surface area (Å²) in [6.45, 7) is 0. The van der Waals surface area contributed by atoms with E-state index in [0.29, 0.717) is 0 Å². The molecule has 1 saturated carbocycles. The van der Waals surface area contributed by atoms with Crippen LogP contribution in [0.5, 0.6) is 5.75 Å². The van der Waals surface area contributed by atoms with Gasteiger partial charge in [-0.15, -0.1) is 23.5 Å². The lowest BCUT2D eigenvalue weighted by molar-refractivity contribution is -0.158. The summed E-state index contributed by atoms with van der Waals surface area (Å²) in [4.78, 5) is 23.8. The molecule has 3 aliphatic rings. The van der Waals surface area contributed by atoms with Crippen LogP contribution in [0.1, 0.15) is 12.0 Å². The quantitative estimate of drug-likeness (QED) is 0.686. The third-order valence-corrected chi connectivity index (χ3v) is 7.43. The average molecular weight is 292 g/mol. The van der Waals surface area contributed by atoms with Gasteiger partial charge in [-0.3, -0.25) is 9.59 Å². The highest BCUT2D eigenvalue weighted by atomic mass is 32.2. The topological polar surface area (TPSA) is 43.4 Å². The van der Waals surface area contributed by atoms with E-state index in [-0.39, 0.29) is 21.6 Å². The van der Waals surface area contributed by atoms with Gasteiger partial charge in [0, 0.05) is 5.56 Å². The minimum atomic E-state index is -0.555. The molecule has 4 rings (SSSR count). The second-order valence-corrected chi connectivity index (χ2v) is 7.90. The van der Waals surface area contributed by atoms with E-state index in [4.69, 9.17) is 4.74 Å². The van der Waals surface area contributed by atoms with E-state index in [0.717, 1.165) is 29.2 Å². The molecule has 2 aliphatic heterocycles. The zero-order valence-corrected chi connectivity index (χ0v) is 11.8. The molecule has 3 nitrogen and oxygen atoms in total. The van der Waals surface area contributed by atoms with Crippen molar-refractivity contribution in [2.45, 2.75) is 16.6 Å². The van der Waals surface area contributed by atoms with E-state index >= 15 is 0 Å². The summed E-state index contributed by atoms with van der Waals surface area (Å²) in [7, 11) is 0. The van der Waals surface area contributed by atoms with E-state index < -0.39 is 6.10 Å². The SMILES string of the molecule is O=C1C(=O)[C@H]2[C@H]1Oc1ccccc1C21SCCCS1. The molecule has 98 valence electrons. The van der Waals surface area contributed by atoms with Crippen molar-refractivity contribution < 1.29 is 14.3 Å². The van der Waals surface area contributed by atoms with E-state index in [2.05, 4.69) is 0 Å². The van der Waals surface area contributed by atoms with Crippen molar-refractivity contribution in [1.82, 2.24) is 0 Å². The monoisotopic (exact) mass is 292 g/mol. The molecule has 1 aromatic carbocycles. The number of Topliss-reactive ketones (excluding diaryl/α,β-unsaturated/α-hetero) is 2. The van der Waals surface area contributed by atoms with Crippen LogP contribution in [0.2, 0.25) is 0 Å². The van der Waals surface area contributed by atoms with Gasteiger partial charge in [-0.05, 0) is 24.0 Å². The number of thioether (sulfide) groups is 2. The summed E-state index contributed by atoms with van der Waals surface area (Å²) in [5.74, 6) is 1.93. The number of rotatable bonds is 0. The Morgan fingerprint density at radius 3 is 2.63 bits per heavy atom. The van der Waals surface area contributed by atoms with Gasteiger partial charge in [0.05, 0.1) is 5.92 Å². The minimum absolute atomic E-state index is 0.249. The van der Waals surface area contributed by atoms with Crippen molar-refractivity contribution in [1.29, 1.82) is 0 Å². The molecule has 2 heterocycles. The fourth-order valence-electron chi connectivity index (χ4n) is 3.02. The van der Waals surface area contributed by atoms with Gasteiger partial charge in [-0.1, -0.05) is 18.2 Å². The Morgan fingerprint density at radius 2 is 1.84 bits per heavy atom. The number of hydrogen-bond acceptors (Lipinski definition) is 5. The first-order valence-electron chi connectivity index (χ1n) is 6.36. The van der Waals surface area contributed by atoms with Gasteiger partial charge < -0.3 is 4.74 Å². The van der Waals surface area contributed by atoms with Crippen LogP contribution in [-0.4, -0.2) is 29.2 Å². The van der Waals surface area contributed by atoms with Crippen LogP contribution in [0, 0.1) is 5.92 Å². The van der Waals surface area contributed by atoms with E-state index in [9.17, 15) is 9.59 Å². The van der Waals surface area contributed by atoms with Crippen LogP contribution >= 0.6 is 23.5 Å². The molecule has 1 saturated heterocycles. The van der Waals surface area contributed by atoms with Gasteiger partial charge in [0.1, 0.15) is 9.83 Å². The fourth-order valence-corrected chi connectivity index (χ4v) is 6.69. The standard InChI is InChI=1S/C14H12O3S2/c15-11-10-13(12(11)16)17-9-5-2-1-4-8(9)14(10)18-6-3-7-19-14/h1-2,4-5,10,13H,3,6-7H2/t10-,13+/m0/s1. The Morgan fingerprint density at radius 1 is 1.11 bits per heavy atom. The van der Waals surface area contributed by atoms with Crippen molar-refractivity contribution >= 4 is 35.1 Å². The zero-order chi connectivity index (χ0) is 13.0. The second-order valence-electron chi connectivity index (χ2n) is 4.96. The highest BCUT2D eigenvalue weighted by molar-refractivity contribution is 8.18.